The van der Waals surface area contributed by atoms with Gasteiger partial charge in [-0.1, -0.05) is 0 Å². The Morgan fingerprint density at radius 1 is 1.04 bits per heavy atom. The van der Waals surface area contributed by atoms with Crippen molar-refractivity contribution in [3.05, 3.63) is 59.9 Å². The monoisotopic (exact) mass is 463 g/mol. The highest BCUT2D eigenvalue weighted by atomic mass is 127. The number of hydrogen-bond acceptors (Lipinski definition) is 7. The van der Waals surface area contributed by atoms with Crippen molar-refractivity contribution >= 4 is 40.2 Å². The maximum atomic E-state index is 11.7. The highest BCUT2D eigenvalue weighted by Gasteiger charge is 2.09. The summed E-state index contributed by atoms with van der Waals surface area (Å²) in [5.74, 6) is 1.74. The molecule has 2 aromatic carbocycles. The topological polar surface area (TPSA) is 82.6 Å². The smallest absolute Gasteiger partial charge is 0.227 e. The summed E-state index contributed by atoms with van der Waals surface area (Å²) in [6.45, 7) is 0. The molecule has 0 spiro atoms. The minimum atomic E-state index is 0.425. The lowest BCUT2D eigenvalue weighted by Crippen LogP contribution is -2.01. The lowest BCUT2D eigenvalue weighted by atomic mass is 10.1. The third kappa shape index (κ3) is 4.14. The van der Waals surface area contributed by atoms with Gasteiger partial charge in [0.05, 0.1) is 25.6 Å². The van der Waals surface area contributed by atoms with Gasteiger partial charge in [0.25, 0.3) is 0 Å². The van der Waals surface area contributed by atoms with Gasteiger partial charge in [-0.25, -0.2) is 9.97 Å². The van der Waals surface area contributed by atoms with Crippen LogP contribution in [0.2, 0.25) is 0 Å². The summed E-state index contributed by atoms with van der Waals surface area (Å²) in [4.78, 5) is 8.76. The minimum Gasteiger partial charge on any atom is -0.749 e. The van der Waals surface area contributed by atoms with Crippen molar-refractivity contribution in [2.45, 2.75) is 0 Å². The van der Waals surface area contributed by atoms with E-state index >= 15 is 0 Å². The molecule has 0 unspecified atom stereocenters. The van der Waals surface area contributed by atoms with E-state index in [0.29, 0.717) is 23.1 Å². The van der Waals surface area contributed by atoms with Gasteiger partial charge in [-0.15, -0.1) is 0 Å². The summed E-state index contributed by atoms with van der Waals surface area (Å²) in [5.41, 5.74) is 2.75. The summed E-state index contributed by atoms with van der Waals surface area (Å²) in [5, 5.41) is 14.9. The number of nitrogens with one attached hydrogen (secondary N) is 1. The molecule has 3 aromatic rings. The first-order valence-electron chi connectivity index (χ1n) is 7.66. The largest absolute Gasteiger partial charge is 0.749 e. The van der Waals surface area contributed by atoms with Crippen molar-refractivity contribution in [1.29, 1.82) is 0 Å². The first-order valence-corrected chi connectivity index (χ1v) is 8.63. The number of aromatic nitrogens is 2. The van der Waals surface area contributed by atoms with Crippen LogP contribution in [0.15, 0.2) is 54.7 Å². The van der Waals surface area contributed by atoms with Crippen LogP contribution in [-0.2, 0) is 0 Å². The van der Waals surface area contributed by atoms with Crippen LogP contribution in [0.3, 0.4) is 0 Å². The van der Waals surface area contributed by atoms with Gasteiger partial charge in [-0.2, -0.15) is 0 Å². The number of hydrogen-bond donors (Lipinski definition) is 1. The second-order valence-corrected chi connectivity index (χ2v) is 6.13. The molecule has 0 atom stereocenters. The number of halogens is 1. The van der Waals surface area contributed by atoms with E-state index in [9.17, 15) is 5.21 Å². The van der Waals surface area contributed by atoms with Crippen LogP contribution in [0.25, 0.3) is 11.3 Å². The summed E-state index contributed by atoms with van der Waals surface area (Å²) in [6.07, 6.45) is 1.66. The molecule has 0 fully saturated rings. The molecule has 1 aromatic heterocycles. The fourth-order valence-electron chi connectivity index (χ4n) is 2.37. The summed E-state index contributed by atoms with van der Waals surface area (Å²) in [6, 6.07) is 14.6. The first kappa shape index (κ1) is 18.2. The van der Waals surface area contributed by atoms with Crippen LogP contribution in [0.1, 0.15) is 0 Å². The lowest BCUT2D eigenvalue weighted by Gasteiger charge is -2.24. The van der Waals surface area contributed by atoms with Crippen molar-refractivity contribution in [2.24, 2.45) is 0 Å². The van der Waals surface area contributed by atoms with Crippen molar-refractivity contribution in [2.75, 3.05) is 22.8 Å². The molecule has 134 valence electrons. The highest BCUT2D eigenvalue weighted by molar-refractivity contribution is 14.1. The van der Waals surface area contributed by atoms with E-state index in [1.54, 1.807) is 54.4 Å². The molecule has 3 rings (SSSR count). The maximum Gasteiger partial charge on any atom is 0.227 e. The van der Waals surface area contributed by atoms with E-state index in [2.05, 4.69) is 15.3 Å². The van der Waals surface area contributed by atoms with Crippen LogP contribution in [-0.4, -0.2) is 24.2 Å². The molecule has 0 radical (unpaired) electrons. The zero-order valence-corrected chi connectivity index (χ0v) is 16.3. The van der Waals surface area contributed by atoms with Gasteiger partial charge < -0.3 is 23.3 Å². The standard InChI is InChI=1S/C18H16IN4O3/c1-25-14-6-4-13(5-7-14)21-18-20-10-9-15(22-18)12-3-8-17(26-2)16(11-12)23(19)24/h3-11H,1-2H3,(H,20,21,22)/q-1. The second-order valence-electron chi connectivity index (χ2n) is 5.25. The van der Waals surface area contributed by atoms with Crippen molar-refractivity contribution in [1.82, 2.24) is 9.97 Å². The summed E-state index contributed by atoms with van der Waals surface area (Å²) >= 11 is 1.66. The van der Waals surface area contributed by atoms with E-state index in [0.717, 1.165) is 20.3 Å². The third-order valence-corrected chi connectivity index (χ3v) is 4.19. The number of benzene rings is 2. The van der Waals surface area contributed by atoms with E-state index in [-0.39, 0.29) is 0 Å². The fraction of sp³-hybridized carbons (Fsp3) is 0.111. The predicted molar refractivity (Wildman–Crippen MR) is 110 cm³/mol. The SMILES string of the molecule is COc1ccc(Nc2nccc(-c3ccc(OC)c(N([O-])I)c3)n2)cc1. The summed E-state index contributed by atoms with van der Waals surface area (Å²) < 4.78 is 11.1. The summed E-state index contributed by atoms with van der Waals surface area (Å²) in [7, 11) is 3.15. The van der Waals surface area contributed by atoms with E-state index < -0.39 is 0 Å². The molecule has 0 bridgehead atoms. The Labute approximate surface area is 165 Å². The Morgan fingerprint density at radius 3 is 2.46 bits per heavy atom. The van der Waals surface area contributed by atoms with Crippen molar-refractivity contribution < 1.29 is 9.47 Å². The molecule has 7 nitrogen and oxygen atoms in total. The van der Waals surface area contributed by atoms with Crippen molar-refractivity contribution in [3.8, 4) is 22.8 Å². The molecule has 0 aliphatic heterocycles. The second kappa shape index (κ2) is 8.19. The zero-order chi connectivity index (χ0) is 18.5. The highest BCUT2D eigenvalue weighted by Crippen LogP contribution is 2.34. The number of ether oxygens (including phenoxy) is 2. The van der Waals surface area contributed by atoms with Gasteiger partial charge in [-0.3, -0.25) is 0 Å². The molecule has 8 heteroatoms. The predicted octanol–water partition coefficient (Wildman–Crippen LogP) is 4.56. The minimum absolute atomic E-state index is 0.425. The number of rotatable bonds is 6. The van der Waals surface area contributed by atoms with Gasteiger partial charge in [0.1, 0.15) is 11.5 Å². The van der Waals surface area contributed by atoms with Gasteiger partial charge in [-0.05, 0) is 48.5 Å². The van der Waals surface area contributed by atoms with Gasteiger partial charge in [0.2, 0.25) is 5.95 Å². The van der Waals surface area contributed by atoms with E-state index in [1.807, 2.05) is 30.3 Å². The van der Waals surface area contributed by atoms with Gasteiger partial charge >= 0.3 is 0 Å². The molecule has 1 N–H and O–H groups in total. The Kier molecular flexibility index (Phi) is 5.74. The molecular weight excluding hydrogens is 447 g/mol. The molecule has 1 heterocycles. The normalized spacial score (nSPS) is 10.3. The number of nitrogens with zero attached hydrogens (tertiary/aromatic N) is 3. The van der Waals surface area contributed by atoms with Gasteiger partial charge in [0.15, 0.2) is 0 Å². The average molecular weight is 463 g/mol. The Morgan fingerprint density at radius 2 is 1.81 bits per heavy atom. The van der Waals surface area contributed by atoms with E-state index in [1.165, 1.54) is 7.11 Å². The van der Waals surface area contributed by atoms with E-state index in [4.69, 9.17) is 9.47 Å². The van der Waals surface area contributed by atoms with Crippen LogP contribution in [0.5, 0.6) is 11.5 Å². The van der Waals surface area contributed by atoms with Crippen molar-refractivity contribution in [3.63, 3.8) is 0 Å². The molecule has 0 saturated carbocycles. The maximum absolute atomic E-state index is 11.7. The molecule has 0 aliphatic carbocycles. The van der Waals surface area contributed by atoms with Gasteiger partial charge in [0, 0.05) is 40.3 Å². The quantitative estimate of drug-likeness (QED) is 0.326. The Hall–Kier alpha value is -2.59. The Balaban J connectivity index is 1.88. The average Bonchev–Trinajstić information content (AvgIpc) is 2.68. The van der Waals surface area contributed by atoms with Crippen LogP contribution >= 0.6 is 22.9 Å². The number of anilines is 3. The lowest BCUT2D eigenvalue weighted by molar-refractivity contribution is 0.415. The molecule has 0 saturated heterocycles. The number of methoxy groups -OCH3 is 2. The van der Waals surface area contributed by atoms with Crippen LogP contribution in [0.4, 0.5) is 17.3 Å². The molecule has 0 amide bonds. The van der Waals surface area contributed by atoms with Crippen LogP contribution < -0.4 is 18.1 Å². The Bertz CT molecular complexity index is 888. The van der Waals surface area contributed by atoms with Crippen LogP contribution in [0, 0.1) is 5.21 Å². The fourth-order valence-corrected chi connectivity index (χ4v) is 2.75. The molecule has 0 aliphatic rings. The third-order valence-electron chi connectivity index (χ3n) is 3.67. The molecular formula is C18H16IN4O3-. The molecule has 26 heavy (non-hydrogen) atoms. The first-order chi connectivity index (χ1) is 12.6. The zero-order valence-electron chi connectivity index (χ0n) is 14.1.